The summed E-state index contributed by atoms with van der Waals surface area (Å²) in [4.78, 5) is 24.1. The molecule has 0 aliphatic carbocycles. The number of amides is 2. The summed E-state index contributed by atoms with van der Waals surface area (Å²) in [6, 6.07) is 13.1. The van der Waals surface area contributed by atoms with Crippen LogP contribution >= 0.6 is 0 Å². The second-order valence-electron chi connectivity index (χ2n) is 7.52. The van der Waals surface area contributed by atoms with Crippen LogP contribution in [0.25, 0.3) is 0 Å². The normalized spacial score (nSPS) is 12.6. The van der Waals surface area contributed by atoms with E-state index in [0.29, 0.717) is 23.7 Å². The molecule has 6 heteroatoms. The minimum Gasteiger partial charge on any atom is -0.454 e. The predicted molar refractivity (Wildman–Crippen MR) is 103 cm³/mol. The van der Waals surface area contributed by atoms with Gasteiger partial charge in [-0.3, -0.25) is 9.59 Å². The van der Waals surface area contributed by atoms with Crippen LogP contribution in [0.1, 0.15) is 38.3 Å². The molecule has 0 fully saturated rings. The molecule has 2 amide bonds. The summed E-state index contributed by atoms with van der Waals surface area (Å²) in [7, 11) is 0. The number of hydrogen-bond acceptors (Lipinski definition) is 4. The van der Waals surface area contributed by atoms with Crippen molar-refractivity contribution in [2.75, 3.05) is 12.1 Å². The summed E-state index contributed by atoms with van der Waals surface area (Å²) in [5, 5.41) is 5.49. The fraction of sp³-hybridized carbons (Fsp3) is 0.333. The SMILES string of the molecule is CC(C)(C)c1ccc(NC(=O)CC(=O)NCc2ccc3c(c2)OCO3)cc1. The molecule has 0 unspecified atom stereocenters. The lowest BCUT2D eigenvalue weighted by molar-refractivity contribution is -0.126. The molecular formula is C21H24N2O4. The highest BCUT2D eigenvalue weighted by atomic mass is 16.7. The summed E-state index contributed by atoms with van der Waals surface area (Å²) in [6.07, 6.45) is -0.231. The highest BCUT2D eigenvalue weighted by Gasteiger charge is 2.15. The standard InChI is InChI=1S/C21H24N2O4/c1-21(2,3)15-5-7-16(8-6-15)23-20(25)11-19(24)22-12-14-4-9-17-18(10-14)27-13-26-17/h4-10H,11-13H2,1-3H3,(H,22,24)(H,23,25). The molecule has 1 aliphatic heterocycles. The Hall–Kier alpha value is -3.02. The van der Waals surface area contributed by atoms with E-state index in [1.165, 1.54) is 5.56 Å². The minimum atomic E-state index is -0.346. The van der Waals surface area contributed by atoms with Gasteiger partial charge in [-0.2, -0.15) is 0 Å². The van der Waals surface area contributed by atoms with Crippen molar-refractivity contribution in [1.82, 2.24) is 5.32 Å². The molecule has 3 rings (SSSR count). The largest absolute Gasteiger partial charge is 0.454 e. The van der Waals surface area contributed by atoms with Gasteiger partial charge in [0, 0.05) is 12.2 Å². The monoisotopic (exact) mass is 368 g/mol. The van der Waals surface area contributed by atoms with E-state index in [0.717, 1.165) is 5.56 Å². The molecule has 142 valence electrons. The maximum Gasteiger partial charge on any atom is 0.233 e. The summed E-state index contributed by atoms with van der Waals surface area (Å²) in [5.74, 6) is 0.679. The average Bonchev–Trinajstić information content (AvgIpc) is 3.07. The van der Waals surface area contributed by atoms with Crippen LogP contribution in [0.3, 0.4) is 0 Å². The maximum absolute atomic E-state index is 12.1. The lowest BCUT2D eigenvalue weighted by atomic mass is 9.87. The number of anilines is 1. The van der Waals surface area contributed by atoms with Gasteiger partial charge in [0.25, 0.3) is 0 Å². The first-order valence-electron chi connectivity index (χ1n) is 8.87. The summed E-state index contributed by atoms with van der Waals surface area (Å²) >= 11 is 0. The first-order chi connectivity index (χ1) is 12.8. The van der Waals surface area contributed by atoms with Crippen LogP contribution < -0.4 is 20.1 Å². The van der Waals surface area contributed by atoms with Gasteiger partial charge in [0.2, 0.25) is 18.6 Å². The van der Waals surface area contributed by atoms with Crippen molar-refractivity contribution in [1.29, 1.82) is 0 Å². The predicted octanol–water partition coefficient (Wildman–Crippen LogP) is 3.36. The molecule has 6 nitrogen and oxygen atoms in total. The summed E-state index contributed by atoms with van der Waals surface area (Å²) < 4.78 is 10.6. The van der Waals surface area contributed by atoms with Gasteiger partial charge in [-0.25, -0.2) is 0 Å². The van der Waals surface area contributed by atoms with Crippen molar-refractivity contribution in [2.45, 2.75) is 39.2 Å². The molecule has 2 aromatic rings. The molecule has 27 heavy (non-hydrogen) atoms. The smallest absolute Gasteiger partial charge is 0.233 e. The summed E-state index contributed by atoms with van der Waals surface area (Å²) in [6.45, 7) is 6.92. The zero-order chi connectivity index (χ0) is 19.4. The van der Waals surface area contributed by atoms with Crippen LogP contribution in [0.15, 0.2) is 42.5 Å². The summed E-state index contributed by atoms with van der Waals surface area (Å²) in [5.41, 5.74) is 2.79. The van der Waals surface area contributed by atoms with Gasteiger partial charge in [-0.1, -0.05) is 39.0 Å². The Balaban J connectivity index is 1.47. The topological polar surface area (TPSA) is 76.7 Å². The van der Waals surface area contributed by atoms with Gasteiger partial charge in [-0.15, -0.1) is 0 Å². The zero-order valence-electron chi connectivity index (χ0n) is 15.8. The maximum atomic E-state index is 12.1. The number of fused-ring (bicyclic) bond motifs is 1. The molecule has 1 aliphatic rings. The van der Waals surface area contributed by atoms with E-state index >= 15 is 0 Å². The van der Waals surface area contributed by atoms with Gasteiger partial charge in [0.15, 0.2) is 11.5 Å². The van der Waals surface area contributed by atoms with Crippen molar-refractivity contribution in [3.8, 4) is 11.5 Å². The molecule has 1 heterocycles. The van der Waals surface area contributed by atoms with Gasteiger partial charge in [-0.05, 0) is 40.8 Å². The van der Waals surface area contributed by atoms with Crippen molar-refractivity contribution < 1.29 is 19.1 Å². The quantitative estimate of drug-likeness (QED) is 0.794. The highest BCUT2D eigenvalue weighted by Crippen LogP contribution is 2.32. The first-order valence-corrected chi connectivity index (χ1v) is 8.87. The second-order valence-corrected chi connectivity index (χ2v) is 7.52. The number of carbonyl (C=O) groups excluding carboxylic acids is 2. The Morgan fingerprint density at radius 2 is 1.67 bits per heavy atom. The average molecular weight is 368 g/mol. The highest BCUT2D eigenvalue weighted by molar-refractivity contribution is 6.03. The lowest BCUT2D eigenvalue weighted by Crippen LogP contribution is -2.27. The number of hydrogen-bond donors (Lipinski definition) is 2. The van der Waals surface area contributed by atoms with Gasteiger partial charge >= 0.3 is 0 Å². The van der Waals surface area contributed by atoms with E-state index in [4.69, 9.17) is 9.47 Å². The van der Waals surface area contributed by atoms with E-state index in [1.807, 2.05) is 36.4 Å². The third-order valence-electron chi connectivity index (χ3n) is 4.28. The van der Waals surface area contributed by atoms with E-state index in [2.05, 4.69) is 31.4 Å². The Labute approximate surface area is 158 Å². The Kier molecular flexibility index (Phi) is 5.35. The molecule has 2 aromatic carbocycles. The molecular weight excluding hydrogens is 344 g/mol. The Bertz CT molecular complexity index is 838. The number of nitrogens with one attached hydrogen (secondary N) is 2. The zero-order valence-corrected chi connectivity index (χ0v) is 15.8. The van der Waals surface area contributed by atoms with Gasteiger partial charge < -0.3 is 20.1 Å². The van der Waals surface area contributed by atoms with Crippen molar-refractivity contribution in [3.05, 3.63) is 53.6 Å². The van der Waals surface area contributed by atoms with Crippen LogP contribution in [0.5, 0.6) is 11.5 Å². The van der Waals surface area contributed by atoms with Crippen LogP contribution in [0, 0.1) is 0 Å². The number of carbonyl (C=O) groups is 2. The van der Waals surface area contributed by atoms with Crippen LogP contribution in [0.4, 0.5) is 5.69 Å². The third-order valence-corrected chi connectivity index (χ3v) is 4.28. The van der Waals surface area contributed by atoms with Crippen LogP contribution in [-0.4, -0.2) is 18.6 Å². The van der Waals surface area contributed by atoms with E-state index in [-0.39, 0.29) is 30.4 Å². The van der Waals surface area contributed by atoms with Gasteiger partial charge in [0.1, 0.15) is 6.42 Å². The fourth-order valence-corrected chi connectivity index (χ4v) is 2.72. The molecule has 2 N–H and O–H groups in total. The van der Waals surface area contributed by atoms with E-state index in [9.17, 15) is 9.59 Å². The number of ether oxygens (including phenoxy) is 2. The van der Waals surface area contributed by atoms with Crippen molar-refractivity contribution in [3.63, 3.8) is 0 Å². The van der Waals surface area contributed by atoms with E-state index < -0.39 is 0 Å². The molecule has 0 aromatic heterocycles. The second kappa shape index (κ2) is 7.70. The molecule has 0 saturated heterocycles. The first kappa shape index (κ1) is 18.8. The van der Waals surface area contributed by atoms with Crippen molar-refractivity contribution >= 4 is 17.5 Å². The van der Waals surface area contributed by atoms with Gasteiger partial charge in [0.05, 0.1) is 0 Å². The third kappa shape index (κ3) is 5.00. The Morgan fingerprint density at radius 3 is 2.37 bits per heavy atom. The number of benzene rings is 2. The Morgan fingerprint density at radius 1 is 0.963 bits per heavy atom. The molecule has 0 bridgehead atoms. The number of rotatable bonds is 5. The van der Waals surface area contributed by atoms with E-state index in [1.54, 1.807) is 6.07 Å². The van der Waals surface area contributed by atoms with Crippen LogP contribution in [-0.2, 0) is 21.5 Å². The minimum absolute atomic E-state index is 0.0527. The van der Waals surface area contributed by atoms with Crippen molar-refractivity contribution in [2.24, 2.45) is 0 Å². The molecule has 0 radical (unpaired) electrons. The lowest BCUT2D eigenvalue weighted by Gasteiger charge is -2.19. The molecule has 0 spiro atoms. The molecule has 0 atom stereocenters. The van der Waals surface area contributed by atoms with Crippen LogP contribution in [0.2, 0.25) is 0 Å². The molecule has 0 saturated carbocycles. The fourth-order valence-electron chi connectivity index (χ4n) is 2.72.